The predicted molar refractivity (Wildman–Crippen MR) is 70.1 cm³/mol. The molecular formula is C14H19NO4. The Morgan fingerprint density at radius 3 is 2.68 bits per heavy atom. The van der Waals surface area contributed by atoms with Gasteiger partial charge in [0.25, 0.3) is 5.91 Å². The van der Waals surface area contributed by atoms with Crippen LogP contribution in [0.3, 0.4) is 0 Å². The van der Waals surface area contributed by atoms with E-state index in [9.17, 15) is 20.1 Å². The Labute approximate surface area is 112 Å². The van der Waals surface area contributed by atoms with E-state index in [4.69, 9.17) is 0 Å². The second-order valence-electron chi connectivity index (χ2n) is 5.34. The van der Waals surface area contributed by atoms with Gasteiger partial charge in [-0.05, 0) is 38.3 Å². The molecule has 0 radical (unpaired) electrons. The molecule has 1 aromatic carbocycles. The fourth-order valence-corrected chi connectivity index (χ4v) is 2.34. The average molecular weight is 265 g/mol. The summed E-state index contributed by atoms with van der Waals surface area (Å²) in [5.74, 6) is -0.566. The maximum absolute atomic E-state index is 12.3. The van der Waals surface area contributed by atoms with Crippen LogP contribution in [0.2, 0.25) is 0 Å². The van der Waals surface area contributed by atoms with Crippen LogP contribution in [0.4, 0.5) is 0 Å². The largest absolute Gasteiger partial charge is 0.508 e. The quantitative estimate of drug-likeness (QED) is 0.718. The smallest absolute Gasteiger partial charge is 0.257 e. The molecule has 1 aromatic rings. The minimum atomic E-state index is -0.730. The molecule has 5 nitrogen and oxygen atoms in total. The first-order valence-corrected chi connectivity index (χ1v) is 6.43. The molecule has 104 valence electrons. The number of carbonyl (C=O) groups is 1. The minimum absolute atomic E-state index is 0.0761. The second-order valence-corrected chi connectivity index (χ2v) is 5.34. The number of hydrogen-bond donors (Lipinski definition) is 3. The fourth-order valence-electron chi connectivity index (χ4n) is 2.34. The Hall–Kier alpha value is -1.75. The molecule has 19 heavy (non-hydrogen) atoms. The van der Waals surface area contributed by atoms with Gasteiger partial charge in [-0.25, -0.2) is 0 Å². The van der Waals surface area contributed by atoms with E-state index in [1.54, 1.807) is 11.8 Å². The topological polar surface area (TPSA) is 81.0 Å². The van der Waals surface area contributed by atoms with Gasteiger partial charge in [-0.15, -0.1) is 0 Å². The van der Waals surface area contributed by atoms with Gasteiger partial charge in [-0.1, -0.05) is 0 Å². The van der Waals surface area contributed by atoms with Crippen molar-refractivity contribution < 1.29 is 20.1 Å². The van der Waals surface area contributed by atoms with Crippen molar-refractivity contribution in [2.45, 2.75) is 31.8 Å². The van der Waals surface area contributed by atoms with Gasteiger partial charge in [0.2, 0.25) is 0 Å². The molecule has 1 fully saturated rings. The number of phenolic OH excluding ortho intramolecular Hbond substituents is 2. The summed E-state index contributed by atoms with van der Waals surface area (Å²) < 4.78 is 0. The Morgan fingerprint density at radius 1 is 1.26 bits per heavy atom. The van der Waals surface area contributed by atoms with E-state index in [1.165, 1.54) is 12.1 Å². The van der Waals surface area contributed by atoms with Crippen LogP contribution in [-0.2, 0) is 0 Å². The number of aliphatic hydroxyl groups is 1. The number of carbonyl (C=O) groups excluding carboxylic acids is 1. The number of nitrogens with zero attached hydrogens (tertiary/aromatic N) is 1. The minimum Gasteiger partial charge on any atom is -0.508 e. The molecule has 1 aliphatic heterocycles. The van der Waals surface area contributed by atoms with Crippen molar-refractivity contribution in [2.75, 3.05) is 13.1 Å². The summed E-state index contributed by atoms with van der Waals surface area (Å²) in [6.07, 6.45) is 1.92. The number of likely N-dealkylation sites (tertiary alicyclic amines) is 1. The van der Waals surface area contributed by atoms with Gasteiger partial charge >= 0.3 is 0 Å². The lowest BCUT2D eigenvalue weighted by Gasteiger charge is -2.23. The zero-order chi connectivity index (χ0) is 14.0. The molecule has 0 aliphatic carbocycles. The molecule has 0 spiro atoms. The average Bonchev–Trinajstić information content (AvgIpc) is 2.49. The maximum Gasteiger partial charge on any atom is 0.257 e. The molecule has 0 saturated carbocycles. The first kappa shape index (κ1) is 13.7. The molecule has 1 aliphatic rings. The molecule has 1 heterocycles. The van der Waals surface area contributed by atoms with Crippen molar-refractivity contribution in [1.29, 1.82) is 0 Å². The summed E-state index contributed by atoms with van der Waals surface area (Å²) in [5, 5.41) is 28.9. The highest BCUT2D eigenvalue weighted by Gasteiger charge is 2.28. The van der Waals surface area contributed by atoms with Crippen molar-refractivity contribution >= 4 is 5.91 Å². The third-order valence-electron chi connectivity index (χ3n) is 3.56. The number of phenols is 2. The third kappa shape index (κ3) is 3.17. The van der Waals surface area contributed by atoms with Gasteiger partial charge in [-0.3, -0.25) is 4.79 Å². The fraction of sp³-hybridized carbons (Fsp3) is 0.500. The molecule has 3 N–H and O–H groups in total. The SMILES string of the molecule is CC1(O)CCCN(C(=O)c2ccc(O)cc2O)CC1. The van der Waals surface area contributed by atoms with Crippen LogP contribution in [0.15, 0.2) is 18.2 Å². The van der Waals surface area contributed by atoms with Gasteiger partial charge in [0, 0.05) is 19.2 Å². The molecule has 0 bridgehead atoms. The number of benzene rings is 1. The molecule has 1 amide bonds. The molecule has 1 atom stereocenters. The van der Waals surface area contributed by atoms with Crippen LogP contribution < -0.4 is 0 Å². The highest BCUT2D eigenvalue weighted by molar-refractivity contribution is 5.97. The molecule has 5 heteroatoms. The normalized spacial score (nSPS) is 24.0. The summed E-state index contributed by atoms with van der Waals surface area (Å²) in [6, 6.07) is 3.94. The van der Waals surface area contributed by atoms with Crippen molar-refractivity contribution in [1.82, 2.24) is 4.90 Å². The van der Waals surface area contributed by atoms with E-state index >= 15 is 0 Å². The van der Waals surface area contributed by atoms with Crippen molar-refractivity contribution in [3.63, 3.8) is 0 Å². The van der Waals surface area contributed by atoms with Gasteiger partial charge in [0.05, 0.1) is 11.2 Å². The number of rotatable bonds is 1. The third-order valence-corrected chi connectivity index (χ3v) is 3.56. The van der Waals surface area contributed by atoms with Crippen LogP contribution in [0.1, 0.15) is 36.5 Å². The molecule has 1 unspecified atom stereocenters. The van der Waals surface area contributed by atoms with Gasteiger partial charge in [-0.2, -0.15) is 0 Å². The Bertz CT molecular complexity index is 484. The molecular weight excluding hydrogens is 246 g/mol. The zero-order valence-electron chi connectivity index (χ0n) is 11.0. The zero-order valence-corrected chi connectivity index (χ0v) is 11.0. The van der Waals surface area contributed by atoms with E-state index in [2.05, 4.69) is 0 Å². The first-order chi connectivity index (χ1) is 8.89. The van der Waals surface area contributed by atoms with E-state index < -0.39 is 5.60 Å². The molecule has 2 rings (SSSR count). The van der Waals surface area contributed by atoms with Gasteiger partial charge in [0.15, 0.2) is 0 Å². The van der Waals surface area contributed by atoms with E-state index in [0.29, 0.717) is 25.9 Å². The molecule has 0 aromatic heterocycles. The summed E-state index contributed by atoms with van der Waals surface area (Å²) in [7, 11) is 0. The lowest BCUT2D eigenvalue weighted by Crippen LogP contribution is -2.33. The summed E-state index contributed by atoms with van der Waals surface area (Å²) in [5.41, 5.74) is -0.550. The highest BCUT2D eigenvalue weighted by atomic mass is 16.3. The Kier molecular flexibility index (Phi) is 3.66. The first-order valence-electron chi connectivity index (χ1n) is 6.43. The monoisotopic (exact) mass is 265 g/mol. The van der Waals surface area contributed by atoms with Crippen LogP contribution in [0.25, 0.3) is 0 Å². The van der Waals surface area contributed by atoms with Crippen molar-refractivity contribution in [3.8, 4) is 11.5 Å². The summed E-state index contributed by atoms with van der Waals surface area (Å²) in [4.78, 5) is 13.9. The lowest BCUT2D eigenvalue weighted by molar-refractivity contribution is 0.0437. The van der Waals surface area contributed by atoms with Crippen LogP contribution in [0.5, 0.6) is 11.5 Å². The predicted octanol–water partition coefficient (Wildman–Crippen LogP) is 1.47. The standard InChI is InChI=1S/C14H19NO4/c1-14(19)5-2-7-15(8-6-14)13(18)11-4-3-10(16)9-12(11)17/h3-4,9,16-17,19H,2,5-8H2,1H3. The number of aromatic hydroxyl groups is 2. The highest BCUT2D eigenvalue weighted by Crippen LogP contribution is 2.26. The lowest BCUT2D eigenvalue weighted by atomic mass is 9.98. The number of hydrogen-bond acceptors (Lipinski definition) is 4. The Morgan fingerprint density at radius 2 is 2.00 bits per heavy atom. The van der Waals surface area contributed by atoms with Crippen LogP contribution in [-0.4, -0.2) is 44.8 Å². The van der Waals surface area contributed by atoms with Gasteiger partial charge in [0.1, 0.15) is 11.5 Å². The molecule has 1 saturated heterocycles. The van der Waals surface area contributed by atoms with Crippen LogP contribution >= 0.6 is 0 Å². The summed E-state index contributed by atoms with van der Waals surface area (Å²) >= 11 is 0. The summed E-state index contributed by atoms with van der Waals surface area (Å²) in [6.45, 7) is 2.81. The van der Waals surface area contributed by atoms with Crippen LogP contribution in [0, 0.1) is 0 Å². The van der Waals surface area contributed by atoms with Gasteiger partial charge < -0.3 is 20.2 Å². The van der Waals surface area contributed by atoms with E-state index in [0.717, 1.165) is 12.5 Å². The van der Waals surface area contributed by atoms with Crippen molar-refractivity contribution in [2.24, 2.45) is 0 Å². The second kappa shape index (κ2) is 5.09. The number of amides is 1. The van der Waals surface area contributed by atoms with Crippen molar-refractivity contribution in [3.05, 3.63) is 23.8 Å². The maximum atomic E-state index is 12.3. The van der Waals surface area contributed by atoms with E-state index in [1.807, 2.05) is 0 Å². The van der Waals surface area contributed by atoms with E-state index in [-0.39, 0.29) is 23.0 Å². The Balaban J connectivity index is 2.15.